The lowest BCUT2D eigenvalue weighted by Gasteiger charge is -2.30. The molecule has 1 amide bonds. The third kappa shape index (κ3) is 2.19. The number of aliphatic carboxylic acids is 1. The molecule has 0 aromatic rings. The Bertz CT molecular complexity index is 287. The van der Waals surface area contributed by atoms with Crippen LogP contribution in [0.1, 0.15) is 33.1 Å². The van der Waals surface area contributed by atoms with Crippen LogP contribution in [-0.2, 0) is 9.59 Å². The van der Waals surface area contributed by atoms with E-state index in [9.17, 15) is 14.7 Å². The largest absolute Gasteiger partial charge is 0.480 e. The van der Waals surface area contributed by atoms with Gasteiger partial charge in [0.1, 0.15) is 5.54 Å². The van der Waals surface area contributed by atoms with E-state index in [1.54, 1.807) is 11.9 Å². The molecule has 5 nitrogen and oxygen atoms in total. The monoisotopic (exact) mass is 228 g/mol. The van der Waals surface area contributed by atoms with Crippen molar-refractivity contribution in [2.45, 2.75) is 44.7 Å². The highest BCUT2D eigenvalue weighted by Crippen LogP contribution is 2.20. The highest BCUT2D eigenvalue weighted by atomic mass is 16.4. The van der Waals surface area contributed by atoms with Gasteiger partial charge in [-0.25, -0.2) is 0 Å². The lowest BCUT2D eigenvalue weighted by atomic mass is 9.91. The van der Waals surface area contributed by atoms with E-state index >= 15 is 0 Å². The number of hydrogen-bond acceptors (Lipinski definition) is 3. The molecule has 1 heterocycles. The molecule has 0 radical (unpaired) electrons. The average Bonchev–Trinajstić information content (AvgIpc) is 2.57. The molecule has 1 fully saturated rings. The number of nitrogens with zero attached hydrogens (tertiary/aromatic N) is 1. The third-order valence-corrected chi connectivity index (χ3v) is 3.49. The Balaban J connectivity index is 2.77. The minimum Gasteiger partial charge on any atom is -0.480 e. The van der Waals surface area contributed by atoms with Gasteiger partial charge in [0.15, 0.2) is 0 Å². The number of hydrogen-bond donors (Lipinski definition) is 2. The van der Waals surface area contributed by atoms with Crippen LogP contribution in [0.25, 0.3) is 0 Å². The van der Waals surface area contributed by atoms with E-state index in [-0.39, 0.29) is 11.9 Å². The predicted octanol–water partition coefficient (Wildman–Crippen LogP) is 0.450. The lowest BCUT2D eigenvalue weighted by Crippen LogP contribution is -2.57. The molecule has 5 heteroatoms. The number of likely N-dealkylation sites (N-methyl/N-ethyl adjacent to an activating group) is 1. The second-order valence-corrected chi connectivity index (χ2v) is 4.34. The van der Waals surface area contributed by atoms with E-state index in [0.29, 0.717) is 25.8 Å². The zero-order valence-corrected chi connectivity index (χ0v) is 10.1. The minimum absolute atomic E-state index is 0.00692. The molecular formula is C11H20N2O3. The maximum atomic E-state index is 11.7. The molecule has 0 spiro atoms. The van der Waals surface area contributed by atoms with E-state index in [4.69, 9.17) is 0 Å². The summed E-state index contributed by atoms with van der Waals surface area (Å²) in [5.74, 6) is -0.882. The van der Waals surface area contributed by atoms with Gasteiger partial charge in [-0.15, -0.1) is 0 Å². The van der Waals surface area contributed by atoms with Crippen LogP contribution in [0.5, 0.6) is 0 Å². The van der Waals surface area contributed by atoms with E-state index in [1.165, 1.54) is 0 Å². The molecule has 0 aromatic heterocycles. The van der Waals surface area contributed by atoms with Crippen LogP contribution in [0.3, 0.4) is 0 Å². The van der Waals surface area contributed by atoms with Crippen LogP contribution in [0, 0.1) is 0 Å². The van der Waals surface area contributed by atoms with Crippen LogP contribution < -0.4 is 5.32 Å². The smallest absolute Gasteiger partial charge is 0.323 e. The van der Waals surface area contributed by atoms with Crippen molar-refractivity contribution in [3.8, 4) is 0 Å². The summed E-state index contributed by atoms with van der Waals surface area (Å²) in [5.41, 5.74) is -0.967. The second-order valence-electron chi connectivity index (χ2n) is 4.34. The molecule has 0 saturated carbocycles. The first-order valence-corrected chi connectivity index (χ1v) is 5.73. The van der Waals surface area contributed by atoms with Gasteiger partial charge in [-0.3, -0.25) is 14.9 Å². The molecule has 92 valence electrons. The van der Waals surface area contributed by atoms with Gasteiger partial charge in [-0.1, -0.05) is 13.8 Å². The number of rotatable bonds is 5. The Morgan fingerprint density at radius 1 is 1.56 bits per heavy atom. The zero-order chi connectivity index (χ0) is 12.3. The van der Waals surface area contributed by atoms with E-state index in [2.05, 4.69) is 5.32 Å². The molecule has 1 saturated heterocycles. The Hall–Kier alpha value is -1.10. The summed E-state index contributed by atoms with van der Waals surface area (Å²) in [6.45, 7) is 4.35. The highest BCUT2D eigenvalue weighted by molar-refractivity contribution is 5.86. The number of likely N-dealkylation sites (tertiary alicyclic amines) is 1. The topological polar surface area (TPSA) is 69.6 Å². The summed E-state index contributed by atoms with van der Waals surface area (Å²) in [6, 6.07) is -0.346. The van der Waals surface area contributed by atoms with Gasteiger partial charge in [-0.2, -0.15) is 0 Å². The van der Waals surface area contributed by atoms with Crippen molar-refractivity contribution in [3.63, 3.8) is 0 Å². The molecular weight excluding hydrogens is 208 g/mol. The van der Waals surface area contributed by atoms with Crippen molar-refractivity contribution in [3.05, 3.63) is 0 Å². The first-order chi connectivity index (χ1) is 7.46. The van der Waals surface area contributed by atoms with Gasteiger partial charge in [-0.05, 0) is 19.3 Å². The van der Waals surface area contributed by atoms with Crippen LogP contribution in [0.4, 0.5) is 0 Å². The second kappa shape index (κ2) is 4.82. The average molecular weight is 228 g/mol. The Morgan fingerprint density at radius 2 is 2.12 bits per heavy atom. The maximum absolute atomic E-state index is 11.7. The number of carbonyl (C=O) groups is 2. The van der Waals surface area contributed by atoms with Crippen LogP contribution in [0.15, 0.2) is 0 Å². The van der Waals surface area contributed by atoms with Gasteiger partial charge in [0.25, 0.3) is 0 Å². The molecule has 0 aliphatic carbocycles. The van der Waals surface area contributed by atoms with Crippen molar-refractivity contribution in [1.82, 2.24) is 10.2 Å². The summed E-state index contributed by atoms with van der Waals surface area (Å²) in [6.07, 6.45) is 1.64. The van der Waals surface area contributed by atoms with Crippen molar-refractivity contribution >= 4 is 11.9 Å². The molecule has 16 heavy (non-hydrogen) atoms. The van der Waals surface area contributed by atoms with Crippen molar-refractivity contribution < 1.29 is 14.7 Å². The Kier molecular flexibility index (Phi) is 3.91. The van der Waals surface area contributed by atoms with Gasteiger partial charge in [0, 0.05) is 13.6 Å². The van der Waals surface area contributed by atoms with Crippen molar-refractivity contribution in [2.24, 2.45) is 0 Å². The molecule has 1 aliphatic rings. The molecule has 2 N–H and O–H groups in total. The first-order valence-electron chi connectivity index (χ1n) is 5.73. The minimum atomic E-state index is -0.967. The summed E-state index contributed by atoms with van der Waals surface area (Å²) < 4.78 is 0. The van der Waals surface area contributed by atoms with Gasteiger partial charge < -0.3 is 10.0 Å². The standard InChI is InChI=1S/C11H20N2O3/c1-4-11(5-2,10(15)16)12-8-6-7-13(3)9(8)14/h8,12H,4-7H2,1-3H3,(H,15,16). The normalized spacial score (nSPS) is 21.6. The number of carboxylic acids is 1. The van der Waals surface area contributed by atoms with E-state index in [0.717, 1.165) is 0 Å². The number of carboxylic acid groups (broad SMARTS) is 1. The SMILES string of the molecule is CCC(CC)(NC1CCN(C)C1=O)C(=O)O. The molecule has 0 bridgehead atoms. The van der Waals surface area contributed by atoms with Crippen molar-refractivity contribution in [2.75, 3.05) is 13.6 Å². The fourth-order valence-corrected chi connectivity index (χ4v) is 2.11. The summed E-state index contributed by atoms with van der Waals surface area (Å²) in [5, 5.41) is 12.3. The molecule has 1 atom stereocenters. The van der Waals surface area contributed by atoms with Crippen molar-refractivity contribution in [1.29, 1.82) is 0 Å². The summed E-state index contributed by atoms with van der Waals surface area (Å²) >= 11 is 0. The molecule has 1 aliphatic heterocycles. The first kappa shape index (κ1) is 13.0. The van der Waals surface area contributed by atoms with E-state index in [1.807, 2.05) is 13.8 Å². The van der Waals surface area contributed by atoms with Crippen LogP contribution in [-0.4, -0.2) is 47.1 Å². The fraction of sp³-hybridized carbons (Fsp3) is 0.818. The van der Waals surface area contributed by atoms with Crippen LogP contribution >= 0.6 is 0 Å². The number of carbonyl (C=O) groups excluding carboxylic acids is 1. The Morgan fingerprint density at radius 3 is 2.44 bits per heavy atom. The van der Waals surface area contributed by atoms with Gasteiger partial charge in [0.05, 0.1) is 6.04 Å². The predicted molar refractivity (Wildman–Crippen MR) is 60.1 cm³/mol. The van der Waals surface area contributed by atoms with E-state index < -0.39 is 11.5 Å². The zero-order valence-electron chi connectivity index (χ0n) is 10.1. The highest BCUT2D eigenvalue weighted by Gasteiger charge is 2.40. The Labute approximate surface area is 95.8 Å². The molecule has 0 aromatic carbocycles. The molecule has 1 rings (SSSR count). The lowest BCUT2D eigenvalue weighted by molar-refractivity contribution is -0.146. The summed E-state index contributed by atoms with van der Waals surface area (Å²) in [4.78, 5) is 24.6. The number of amides is 1. The van der Waals surface area contributed by atoms with Gasteiger partial charge >= 0.3 is 5.97 Å². The fourth-order valence-electron chi connectivity index (χ4n) is 2.11. The van der Waals surface area contributed by atoms with Gasteiger partial charge in [0.2, 0.25) is 5.91 Å². The number of nitrogens with one attached hydrogen (secondary N) is 1. The molecule has 1 unspecified atom stereocenters. The summed E-state index contributed by atoms with van der Waals surface area (Å²) in [7, 11) is 1.74. The maximum Gasteiger partial charge on any atom is 0.323 e. The third-order valence-electron chi connectivity index (χ3n) is 3.49. The van der Waals surface area contributed by atoms with Crippen LogP contribution in [0.2, 0.25) is 0 Å². The quantitative estimate of drug-likeness (QED) is 0.717.